The quantitative estimate of drug-likeness (QED) is 0.793. The van der Waals surface area contributed by atoms with Crippen LogP contribution in [0.5, 0.6) is 0 Å². The van der Waals surface area contributed by atoms with Crippen molar-refractivity contribution in [3.63, 3.8) is 0 Å². The molecular formula is C17H29N. The number of benzene rings is 1. The molecule has 0 fully saturated rings. The normalized spacial score (nSPS) is 15.4. The maximum absolute atomic E-state index is 3.69. The summed E-state index contributed by atoms with van der Waals surface area (Å²) in [6.07, 6.45) is 2.40. The molecule has 0 amide bonds. The zero-order valence-corrected chi connectivity index (χ0v) is 12.9. The zero-order valence-electron chi connectivity index (χ0n) is 12.9. The summed E-state index contributed by atoms with van der Waals surface area (Å²) in [5.41, 5.74) is 3.12. The van der Waals surface area contributed by atoms with Crippen LogP contribution in [0.15, 0.2) is 24.3 Å². The molecule has 0 aliphatic heterocycles. The fraction of sp³-hybridized carbons (Fsp3) is 0.647. The van der Waals surface area contributed by atoms with E-state index in [1.165, 1.54) is 24.0 Å². The first-order chi connectivity index (χ1) is 8.34. The molecule has 0 aromatic heterocycles. The van der Waals surface area contributed by atoms with Gasteiger partial charge in [-0.05, 0) is 36.8 Å². The molecule has 0 spiro atoms. The SMILES string of the molecule is CCCc1ccc(C(C)NC(C)C(C)(C)C)cc1. The number of hydrogen-bond donors (Lipinski definition) is 1. The smallest absolute Gasteiger partial charge is 0.0294 e. The minimum atomic E-state index is 0.302. The second-order valence-electron chi connectivity index (χ2n) is 6.47. The molecule has 102 valence electrons. The first-order valence-electron chi connectivity index (χ1n) is 7.19. The molecular weight excluding hydrogens is 218 g/mol. The number of rotatable bonds is 5. The lowest BCUT2D eigenvalue weighted by Gasteiger charge is -2.31. The van der Waals surface area contributed by atoms with Crippen LogP contribution >= 0.6 is 0 Å². The van der Waals surface area contributed by atoms with E-state index in [2.05, 4.69) is 71.1 Å². The van der Waals surface area contributed by atoms with E-state index in [9.17, 15) is 0 Å². The zero-order chi connectivity index (χ0) is 13.8. The van der Waals surface area contributed by atoms with Crippen molar-refractivity contribution in [2.45, 2.75) is 66.5 Å². The minimum Gasteiger partial charge on any atom is -0.307 e. The molecule has 18 heavy (non-hydrogen) atoms. The van der Waals surface area contributed by atoms with E-state index < -0.39 is 0 Å². The Labute approximate surface area is 113 Å². The molecule has 0 radical (unpaired) electrons. The molecule has 1 nitrogen and oxygen atoms in total. The van der Waals surface area contributed by atoms with E-state index in [1.54, 1.807) is 0 Å². The van der Waals surface area contributed by atoms with Crippen molar-refractivity contribution in [2.75, 3.05) is 0 Å². The van der Waals surface area contributed by atoms with Gasteiger partial charge in [0.15, 0.2) is 0 Å². The summed E-state index contributed by atoms with van der Waals surface area (Å²) in [5, 5.41) is 3.69. The highest BCUT2D eigenvalue weighted by Gasteiger charge is 2.21. The molecule has 1 N–H and O–H groups in total. The Balaban J connectivity index is 2.64. The van der Waals surface area contributed by atoms with E-state index in [1.807, 2.05) is 0 Å². The van der Waals surface area contributed by atoms with E-state index in [-0.39, 0.29) is 0 Å². The Kier molecular flexibility index (Phi) is 5.40. The number of hydrogen-bond acceptors (Lipinski definition) is 1. The van der Waals surface area contributed by atoms with Crippen LogP contribution in [0.3, 0.4) is 0 Å². The second-order valence-corrected chi connectivity index (χ2v) is 6.47. The van der Waals surface area contributed by atoms with Crippen molar-refractivity contribution in [1.29, 1.82) is 0 Å². The first kappa shape index (κ1) is 15.2. The highest BCUT2D eigenvalue weighted by molar-refractivity contribution is 5.24. The third-order valence-corrected chi connectivity index (χ3v) is 3.82. The first-order valence-corrected chi connectivity index (χ1v) is 7.19. The average Bonchev–Trinajstić information content (AvgIpc) is 2.29. The summed E-state index contributed by atoms with van der Waals surface area (Å²) in [6, 6.07) is 9.96. The van der Waals surface area contributed by atoms with Gasteiger partial charge in [0.25, 0.3) is 0 Å². The number of nitrogens with one attached hydrogen (secondary N) is 1. The van der Waals surface area contributed by atoms with Crippen molar-refractivity contribution >= 4 is 0 Å². The molecule has 1 heteroatoms. The largest absolute Gasteiger partial charge is 0.307 e. The van der Waals surface area contributed by atoms with Crippen molar-refractivity contribution < 1.29 is 0 Å². The lowest BCUT2D eigenvalue weighted by atomic mass is 9.87. The van der Waals surface area contributed by atoms with Crippen LogP contribution in [-0.2, 0) is 6.42 Å². The highest BCUT2D eigenvalue weighted by Crippen LogP contribution is 2.22. The molecule has 0 bridgehead atoms. The lowest BCUT2D eigenvalue weighted by Crippen LogP contribution is -2.39. The van der Waals surface area contributed by atoms with Gasteiger partial charge >= 0.3 is 0 Å². The van der Waals surface area contributed by atoms with E-state index in [4.69, 9.17) is 0 Å². The molecule has 0 saturated carbocycles. The van der Waals surface area contributed by atoms with Gasteiger partial charge in [-0.2, -0.15) is 0 Å². The standard InChI is InChI=1S/C17H29N/c1-7-8-15-9-11-16(12-10-15)13(2)18-14(3)17(4,5)6/h9-14,18H,7-8H2,1-6H3. The minimum absolute atomic E-state index is 0.302. The summed E-state index contributed by atoms with van der Waals surface area (Å²) in [4.78, 5) is 0. The van der Waals surface area contributed by atoms with E-state index in [0.29, 0.717) is 17.5 Å². The van der Waals surface area contributed by atoms with Crippen molar-refractivity contribution in [1.82, 2.24) is 5.32 Å². The Morgan fingerprint density at radius 3 is 2.06 bits per heavy atom. The van der Waals surface area contributed by atoms with Gasteiger partial charge in [0.1, 0.15) is 0 Å². The molecule has 1 rings (SSSR count). The molecule has 0 aliphatic carbocycles. The fourth-order valence-electron chi connectivity index (χ4n) is 1.98. The molecule has 0 saturated heterocycles. The fourth-order valence-corrected chi connectivity index (χ4v) is 1.98. The van der Waals surface area contributed by atoms with E-state index >= 15 is 0 Å². The highest BCUT2D eigenvalue weighted by atomic mass is 15.0. The summed E-state index contributed by atoms with van der Waals surface area (Å²) in [5.74, 6) is 0. The van der Waals surface area contributed by atoms with Crippen molar-refractivity contribution in [3.8, 4) is 0 Å². The lowest BCUT2D eigenvalue weighted by molar-refractivity contribution is 0.268. The molecule has 1 aromatic rings. The van der Waals surface area contributed by atoms with Crippen LogP contribution in [-0.4, -0.2) is 6.04 Å². The van der Waals surface area contributed by atoms with Crippen LogP contribution in [0, 0.1) is 5.41 Å². The third-order valence-electron chi connectivity index (χ3n) is 3.82. The topological polar surface area (TPSA) is 12.0 Å². The van der Waals surface area contributed by atoms with Gasteiger partial charge in [-0.3, -0.25) is 0 Å². The predicted octanol–water partition coefficient (Wildman–Crippen LogP) is 4.72. The maximum Gasteiger partial charge on any atom is 0.0294 e. The molecule has 0 heterocycles. The van der Waals surface area contributed by atoms with Crippen LogP contribution in [0.1, 0.15) is 65.1 Å². The molecule has 2 unspecified atom stereocenters. The van der Waals surface area contributed by atoms with Gasteiger partial charge in [0.05, 0.1) is 0 Å². The van der Waals surface area contributed by atoms with E-state index in [0.717, 1.165) is 0 Å². The Morgan fingerprint density at radius 1 is 1.06 bits per heavy atom. The van der Waals surface area contributed by atoms with Crippen molar-refractivity contribution in [3.05, 3.63) is 35.4 Å². The van der Waals surface area contributed by atoms with Crippen molar-refractivity contribution in [2.24, 2.45) is 5.41 Å². The maximum atomic E-state index is 3.69. The average molecular weight is 247 g/mol. The van der Waals surface area contributed by atoms with Crippen LogP contribution in [0.25, 0.3) is 0 Å². The van der Waals surface area contributed by atoms with Crippen LogP contribution < -0.4 is 5.32 Å². The van der Waals surface area contributed by atoms with Gasteiger partial charge in [-0.25, -0.2) is 0 Å². The summed E-state index contributed by atoms with van der Waals surface area (Å²) >= 11 is 0. The Bertz CT molecular complexity index is 345. The second kappa shape index (κ2) is 6.38. The van der Waals surface area contributed by atoms with Gasteiger partial charge in [-0.1, -0.05) is 58.4 Å². The summed E-state index contributed by atoms with van der Waals surface area (Å²) < 4.78 is 0. The Hall–Kier alpha value is -0.820. The van der Waals surface area contributed by atoms with Gasteiger partial charge in [-0.15, -0.1) is 0 Å². The van der Waals surface area contributed by atoms with Gasteiger partial charge in [0, 0.05) is 12.1 Å². The van der Waals surface area contributed by atoms with Gasteiger partial charge < -0.3 is 5.32 Å². The molecule has 2 atom stereocenters. The predicted molar refractivity (Wildman–Crippen MR) is 80.9 cm³/mol. The summed E-state index contributed by atoms with van der Waals surface area (Å²) in [6.45, 7) is 13.6. The monoisotopic (exact) mass is 247 g/mol. The van der Waals surface area contributed by atoms with Gasteiger partial charge in [0.2, 0.25) is 0 Å². The third kappa shape index (κ3) is 4.45. The molecule has 1 aromatic carbocycles. The Morgan fingerprint density at radius 2 is 1.61 bits per heavy atom. The van der Waals surface area contributed by atoms with Crippen LogP contribution in [0.4, 0.5) is 0 Å². The summed E-state index contributed by atoms with van der Waals surface area (Å²) in [7, 11) is 0. The molecule has 0 aliphatic rings. The van der Waals surface area contributed by atoms with Crippen LogP contribution in [0.2, 0.25) is 0 Å². The number of aryl methyl sites for hydroxylation is 1.